The molecule has 3 aromatic rings. The number of anilines is 1. The van der Waals surface area contributed by atoms with Gasteiger partial charge in [-0.3, -0.25) is 4.79 Å². The summed E-state index contributed by atoms with van der Waals surface area (Å²) in [5.41, 5.74) is 2.68. The van der Waals surface area contributed by atoms with Crippen molar-refractivity contribution in [1.82, 2.24) is 4.98 Å². The van der Waals surface area contributed by atoms with E-state index in [0.29, 0.717) is 11.4 Å². The van der Waals surface area contributed by atoms with Gasteiger partial charge in [0, 0.05) is 16.6 Å². The Hall–Kier alpha value is -2.76. The minimum absolute atomic E-state index is 0.308. The summed E-state index contributed by atoms with van der Waals surface area (Å²) in [6, 6.07) is 10.2. The second-order valence-corrected chi connectivity index (χ2v) is 5.70. The zero-order valence-corrected chi connectivity index (χ0v) is 13.1. The number of amides is 1. The standard InChI is InChI=1S/C18H15F3N2O/c1-10-3-8-15-14(9-10)11(2)16(23-15)17(24)22-13-6-4-12(5-7-13)18(19,20)21/h3-9,23H,1-2H3,(H,22,24). The summed E-state index contributed by atoms with van der Waals surface area (Å²) in [6.45, 7) is 3.80. The molecule has 24 heavy (non-hydrogen) atoms. The molecule has 0 aliphatic carbocycles. The molecule has 124 valence electrons. The minimum Gasteiger partial charge on any atom is -0.350 e. The number of carbonyl (C=O) groups is 1. The van der Waals surface area contributed by atoms with Crippen molar-refractivity contribution in [2.75, 3.05) is 5.32 Å². The first-order valence-corrected chi connectivity index (χ1v) is 7.33. The monoisotopic (exact) mass is 332 g/mol. The highest BCUT2D eigenvalue weighted by atomic mass is 19.4. The molecule has 0 spiro atoms. The van der Waals surface area contributed by atoms with Crippen molar-refractivity contribution in [1.29, 1.82) is 0 Å². The number of rotatable bonds is 2. The number of fused-ring (bicyclic) bond motifs is 1. The van der Waals surface area contributed by atoms with E-state index in [1.165, 1.54) is 12.1 Å². The van der Waals surface area contributed by atoms with E-state index in [1.54, 1.807) is 0 Å². The maximum Gasteiger partial charge on any atom is 0.416 e. The predicted molar refractivity (Wildman–Crippen MR) is 87.2 cm³/mol. The van der Waals surface area contributed by atoms with Crippen molar-refractivity contribution in [3.8, 4) is 0 Å². The molecule has 3 nitrogen and oxygen atoms in total. The molecule has 0 bridgehead atoms. The third-order valence-corrected chi connectivity index (χ3v) is 3.91. The Morgan fingerprint density at radius 1 is 1.04 bits per heavy atom. The van der Waals surface area contributed by atoms with Gasteiger partial charge in [-0.05, 0) is 55.8 Å². The maximum atomic E-state index is 12.6. The molecule has 2 aromatic carbocycles. The molecule has 3 rings (SSSR count). The van der Waals surface area contributed by atoms with E-state index < -0.39 is 11.7 Å². The van der Waals surface area contributed by atoms with Gasteiger partial charge in [-0.25, -0.2) is 0 Å². The number of H-pyrrole nitrogens is 1. The highest BCUT2D eigenvalue weighted by molar-refractivity contribution is 6.07. The number of halogens is 3. The lowest BCUT2D eigenvalue weighted by Crippen LogP contribution is -2.14. The average Bonchev–Trinajstić information content (AvgIpc) is 2.84. The van der Waals surface area contributed by atoms with Crippen LogP contribution in [-0.2, 0) is 6.18 Å². The van der Waals surface area contributed by atoms with Gasteiger partial charge < -0.3 is 10.3 Å². The molecule has 0 radical (unpaired) electrons. The molecule has 1 aromatic heterocycles. The van der Waals surface area contributed by atoms with Crippen LogP contribution in [0.15, 0.2) is 42.5 Å². The third kappa shape index (κ3) is 2.99. The van der Waals surface area contributed by atoms with Gasteiger partial charge in [0.15, 0.2) is 0 Å². The van der Waals surface area contributed by atoms with Crippen molar-refractivity contribution < 1.29 is 18.0 Å². The zero-order chi connectivity index (χ0) is 17.5. The largest absolute Gasteiger partial charge is 0.416 e. The Morgan fingerprint density at radius 3 is 2.33 bits per heavy atom. The van der Waals surface area contributed by atoms with Crippen LogP contribution in [0.25, 0.3) is 10.9 Å². The molecule has 0 aliphatic heterocycles. The highest BCUT2D eigenvalue weighted by Crippen LogP contribution is 2.30. The fourth-order valence-electron chi connectivity index (χ4n) is 2.60. The second-order valence-electron chi connectivity index (χ2n) is 5.70. The summed E-state index contributed by atoms with van der Waals surface area (Å²) in [7, 11) is 0. The quantitative estimate of drug-likeness (QED) is 0.677. The van der Waals surface area contributed by atoms with E-state index in [2.05, 4.69) is 10.3 Å². The smallest absolute Gasteiger partial charge is 0.350 e. The average molecular weight is 332 g/mol. The summed E-state index contributed by atoms with van der Waals surface area (Å²) in [4.78, 5) is 15.5. The van der Waals surface area contributed by atoms with Gasteiger partial charge in [0.2, 0.25) is 0 Å². The van der Waals surface area contributed by atoms with Crippen LogP contribution in [-0.4, -0.2) is 10.9 Å². The molecule has 0 fully saturated rings. The van der Waals surface area contributed by atoms with E-state index in [4.69, 9.17) is 0 Å². The number of benzene rings is 2. The van der Waals surface area contributed by atoms with Crippen LogP contribution in [0.5, 0.6) is 0 Å². The van der Waals surface area contributed by atoms with Gasteiger partial charge in [0.1, 0.15) is 5.69 Å². The molecular formula is C18H15F3N2O. The molecule has 0 saturated carbocycles. The predicted octanol–water partition coefficient (Wildman–Crippen LogP) is 5.06. The molecule has 2 N–H and O–H groups in total. The Labute approximate surface area is 136 Å². The lowest BCUT2D eigenvalue weighted by molar-refractivity contribution is -0.137. The van der Waals surface area contributed by atoms with Gasteiger partial charge in [-0.1, -0.05) is 11.6 Å². The van der Waals surface area contributed by atoms with E-state index in [-0.39, 0.29) is 5.91 Å². The number of nitrogens with one attached hydrogen (secondary N) is 2. The van der Waals surface area contributed by atoms with Crippen molar-refractivity contribution >= 4 is 22.5 Å². The van der Waals surface area contributed by atoms with E-state index in [0.717, 1.165) is 34.2 Å². The van der Waals surface area contributed by atoms with Crippen LogP contribution in [0, 0.1) is 13.8 Å². The van der Waals surface area contributed by atoms with Gasteiger partial charge in [-0.15, -0.1) is 0 Å². The van der Waals surface area contributed by atoms with Crippen LogP contribution >= 0.6 is 0 Å². The Kier molecular flexibility index (Phi) is 3.83. The molecule has 6 heteroatoms. The Bertz CT molecular complexity index is 908. The van der Waals surface area contributed by atoms with Gasteiger partial charge in [0.25, 0.3) is 5.91 Å². The van der Waals surface area contributed by atoms with Crippen molar-refractivity contribution in [3.63, 3.8) is 0 Å². The summed E-state index contributed by atoms with van der Waals surface area (Å²) in [5.74, 6) is -0.388. The number of hydrogen-bond acceptors (Lipinski definition) is 1. The first-order chi connectivity index (χ1) is 11.3. The summed E-state index contributed by atoms with van der Waals surface area (Å²) in [6.07, 6.45) is -4.39. The molecule has 0 atom stereocenters. The molecule has 1 heterocycles. The van der Waals surface area contributed by atoms with Crippen LogP contribution in [0.2, 0.25) is 0 Å². The first-order valence-electron chi connectivity index (χ1n) is 7.33. The molecular weight excluding hydrogens is 317 g/mol. The number of carbonyl (C=O) groups excluding carboxylic acids is 1. The van der Waals surface area contributed by atoms with E-state index in [1.807, 2.05) is 32.0 Å². The van der Waals surface area contributed by atoms with Crippen molar-refractivity contribution in [2.24, 2.45) is 0 Å². The number of alkyl halides is 3. The number of aromatic amines is 1. The normalized spacial score (nSPS) is 11.7. The van der Waals surface area contributed by atoms with Crippen LogP contribution in [0.1, 0.15) is 27.2 Å². The SMILES string of the molecule is Cc1ccc2[nH]c(C(=O)Nc3ccc(C(F)(F)F)cc3)c(C)c2c1. The summed E-state index contributed by atoms with van der Waals surface area (Å²) >= 11 is 0. The van der Waals surface area contributed by atoms with Gasteiger partial charge in [-0.2, -0.15) is 13.2 Å². The van der Waals surface area contributed by atoms with Crippen molar-refractivity contribution in [3.05, 3.63) is 64.8 Å². The van der Waals surface area contributed by atoms with Crippen molar-refractivity contribution in [2.45, 2.75) is 20.0 Å². The molecule has 0 aliphatic rings. The third-order valence-electron chi connectivity index (χ3n) is 3.91. The maximum absolute atomic E-state index is 12.6. The molecule has 0 unspecified atom stereocenters. The van der Waals surface area contributed by atoms with Gasteiger partial charge >= 0.3 is 6.18 Å². The fourth-order valence-corrected chi connectivity index (χ4v) is 2.60. The zero-order valence-electron chi connectivity index (χ0n) is 13.1. The van der Waals surface area contributed by atoms with Crippen LogP contribution in [0.4, 0.5) is 18.9 Å². The topological polar surface area (TPSA) is 44.9 Å². The Morgan fingerprint density at radius 2 is 1.71 bits per heavy atom. The highest BCUT2D eigenvalue weighted by Gasteiger charge is 2.30. The second kappa shape index (κ2) is 5.70. The lowest BCUT2D eigenvalue weighted by atomic mass is 10.1. The van der Waals surface area contributed by atoms with Gasteiger partial charge in [0.05, 0.1) is 5.56 Å². The van der Waals surface area contributed by atoms with E-state index >= 15 is 0 Å². The summed E-state index contributed by atoms with van der Waals surface area (Å²) < 4.78 is 37.7. The fraction of sp³-hybridized carbons (Fsp3) is 0.167. The Balaban J connectivity index is 1.86. The number of aromatic nitrogens is 1. The van der Waals surface area contributed by atoms with Crippen LogP contribution in [0.3, 0.4) is 0 Å². The number of aryl methyl sites for hydroxylation is 2. The minimum atomic E-state index is -4.39. The van der Waals surface area contributed by atoms with E-state index in [9.17, 15) is 18.0 Å². The number of hydrogen-bond donors (Lipinski definition) is 2. The summed E-state index contributed by atoms with van der Waals surface area (Å²) in [5, 5.41) is 3.57. The van der Waals surface area contributed by atoms with Crippen LogP contribution < -0.4 is 5.32 Å². The molecule has 1 amide bonds. The first kappa shape index (κ1) is 16.1. The lowest BCUT2D eigenvalue weighted by Gasteiger charge is -2.08. The molecule has 0 saturated heterocycles.